The van der Waals surface area contributed by atoms with Gasteiger partial charge in [0.1, 0.15) is 5.75 Å². The van der Waals surface area contributed by atoms with Crippen molar-refractivity contribution in [2.75, 3.05) is 13.3 Å². The Morgan fingerprint density at radius 3 is 3.21 bits per heavy atom. The Morgan fingerprint density at radius 1 is 1.43 bits per heavy atom. The van der Waals surface area contributed by atoms with E-state index in [1.807, 2.05) is 12.1 Å². The first-order valence-corrected chi connectivity index (χ1v) is 4.96. The predicted octanol–water partition coefficient (Wildman–Crippen LogP) is 1.05. The molecule has 0 bridgehead atoms. The summed E-state index contributed by atoms with van der Waals surface area (Å²) in [5, 5.41) is 11.5. The van der Waals surface area contributed by atoms with Crippen LogP contribution in [0.25, 0.3) is 0 Å². The summed E-state index contributed by atoms with van der Waals surface area (Å²) in [6.07, 6.45) is 2.20. The summed E-state index contributed by atoms with van der Waals surface area (Å²) in [7, 11) is 0. The Balaban J connectivity index is 2.12. The first-order valence-electron chi connectivity index (χ1n) is 4.96. The molecule has 0 atom stereocenters. The highest BCUT2D eigenvalue weighted by Crippen LogP contribution is 2.25. The molecule has 3 heteroatoms. The topological polar surface area (TPSA) is 41.5 Å². The van der Waals surface area contributed by atoms with Gasteiger partial charge >= 0.3 is 0 Å². The maximum atomic E-state index is 8.63. The molecule has 1 aliphatic heterocycles. The molecule has 0 aliphatic carbocycles. The van der Waals surface area contributed by atoms with Gasteiger partial charge in [0.15, 0.2) is 0 Å². The van der Waals surface area contributed by atoms with Crippen molar-refractivity contribution in [1.82, 2.24) is 5.32 Å². The van der Waals surface area contributed by atoms with Crippen LogP contribution < -0.4 is 10.1 Å². The maximum Gasteiger partial charge on any atom is 0.122 e. The van der Waals surface area contributed by atoms with E-state index in [9.17, 15) is 0 Å². The van der Waals surface area contributed by atoms with Crippen LogP contribution in [0.4, 0.5) is 0 Å². The monoisotopic (exact) mass is 193 g/mol. The molecule has 0 fully saturated rings. The van der Waals surface area contributed by atoms with E-state index in [4.69, 9.17) is 9.84 Å². The second kappa shape index (κ2) is 4.44. The normalized spacial score (nSPS) is 14.6. The first-order chi connectivity index (χ1) is 6.90. The zero-order chi connectivity index (χ0) is 9.80. The molecule has 1 heterocycles. The summed E-state index contributed by atoms with van der Waals surface area (Å²) in [4.78, 5) is 0. The highest BCUT2D eigenvalue weighted by Gasteiger charge is 2.09. The van der Waals surface area contributed by atoms with Crippen LogP contribution in [0.1, 0.15) is 17.5 Å². The molecule has 0 spiro atoms. The Hall–Kier alpha value is -1.06. The second-order valence-corrected chi connectivity index (χ2v) is 3.48. The Bertz CT molecular complexity index is 312. The van der Waals surface area contributed by atoms with Gasteiger partial charge in [0.2, 0.25) is 0 Å². The van der Waals surface area contributed by atoms with E-state index in [2.05, 4.69) is 11.4 Å². The lowest BCUT2D eigenvalue weighted by molar-refractivity contribution is 0.259. The van der Waals surface area contributed by atoms with Crippen LogP contribution in [0.2, 0.25) is 0 Å². The van der Waals surface area contributed by atoms with E-state index >= 15 is 0 Å². The van der Waals surface area contributed by atoms with Crippen LogP contribution >= 0.6 is 0 Å². The van der Waals surface area contributed by atoms with Gasteiger partial charge in [-0.15, -0.1) is 0 Å². The van der Waals surface area contributed by atoms with Gasteiger partial charge < -0.3 is 9.84 Å². The Kier molecular flexibility index (Phi) is 3.01. The highest BCUT2D eigenvalue weighted by molar-refractivity contribution is 5.38. The van der Waals surface area contributed by atoms with Gasteiger partial charge in [-0.05, 0) is 30.0 Å². The molecule has 1 aliphatic rings. The van der Waals surface area contributed by atoms with E-state index < -0.39 is 0 Å². The average Bonchev–Trinajstić information content (AvgIpc) is 2.26. The van der Waals surface area contributed by atoms with Crippen LogP contribution in [0, 0.1) is 0 Å². The molecule has 1 aromatic rings. The van der Waals surface area contributed by atoms with Crippen molar-refractivity contribution in [3.8, 4) is 5.75 Å². The van der Waals surface area contributed by atoms with Gasteiger partial charge in [0.05, 0.1) is 13.3 Å². The van der Waals surface area contributed by atoms with E-state index in [0.29, 0.717) is 6.54 Å². The Morgan fingerprint density at radius 2 is 2.36 bits per heavy atom. The third-order valence-electron chi connectivity index (χ3n) is 2.41. The first kappa shape index (κ1) is 9.49. The van der Waals surface area contributed by atoms with Crippen molar-refractivity contribution < 1.29 is 9.84 Å². The van der Waals surface area contributed by atoms with Gasteiger partial charge in [0.25, 0.3) is 0 Å². The standard InChI is InChI=1S/C11H15NO2/c13-8-12-7-9-3-4-11-10(6-9)2-1-5-14-11/h3-4,6,12-13H,1-2,5,7-8H2. The number of aliphatic hydroxyl groups is 1. The number of fused-ring (bicyclic) bond motifs is 1. The van der Waals surface area contributed by atoms with Crippen LogP contribution in [0.3, 0.4) is 0 Å². The fraction of sp³-hybridized carbons (Fsp3) is 0.455. The number of rotatable bonds is 3. The number of benzene rings is 1. The molecular formula is C11H15NO2. The zero-order valence-corrected chi connectivity index (χ0v) is 8.12. The molecular weight excluding hydrogens is 178 g/mol. The molecule has 76 valence electrons. The van der Waals surface area contributed by atoms with E-state index in [0.717, 1.165) is 25.2 Å². The molecule has 1 aromatic carbocycles. The predicted molar refractivity (Wildman–Crippen MR) is 54.2 cm³/mol. The lowest BCUT2D eigenvalue weighted by atomic mass is 10.0. The van der Waals surface area contributed by atoms with Crippen molar-refractivity contribution in [3.63, 3.8) is 0 Å². The summed E-state index contributed by atoms with van der Waals surface area (Å²) in [6, 6.07) is 6.20. The van der Waals surface area contributed by atoms with Crippen molar-refractivity contribution >= 4 is 0 Å². The second-order valence-electron chi connectivity index (χ2n) is 3.48. The molecule has 0 aromatic heterocycles. The summed E-state index contributed by atoms with van der Waals surface area (Å²) in [5.74, 6) is 1.02. The van der Waals surface area contributed by atoms with Crippen molar-refractivity contribution in [1.29, 1.82) is 0 Å². The van der Waals surface area contributed by atoms with Gasteiger partial charge in [0, 0.05) is 6.54 Å². The zero-order valence-electron chi connectivity index (χ0n) is 8.12. The largest absolute Gasteiger partial charge is 0.493 e. The van der Waals surface area contributed by atoms with Gasteiger partial charge in [-0.2, -0.15) is 0 Å². The summed E-state index contributed by atoms with van der Waals surface area (Å²) >= 11 is 0. The number of ether oxygens (including phenoxy) is 1. The third kappa shape index (κ3) is 2.05. The molecule has 0 saturated heterocycles. The van der Waals surface area contributed by atoms with Crippen LogP contribution in [-0.2, 0) is 13.0 Å². The van der Waals surface area contributed by atoms with Crippen LogP contribution in [0.5, 0.6) is 5.75 Å². The van der Waals surface area contributed by atoms with E-state index in [1.165, 1.54) is 11.1 Å². The van der Waals surface area contributed by atoms with Crippen LogP contribution in [0.15, 0.2) is 18.2 Å². The van der Waals surface area contributed by atoms with E-state index in [1.54, 1.807) is 0 Å². The number of aliphatic hydroxyl groups excluding tert-OH is 1. The minimum Gasteiger partial charge on any atom is -0.493 e. The molecule has 14 heavy (non-hydrogen) atoms. The average molecular weight is 193 g/mol. The number of hydrogen-bond acceptors (Lipinski definition) is 3. The summed E-state index contributed by atoms with van der Waals surface area (Å²) in [5.41, 5.74) is 2.48. The highest BCUT2D eigenvalue weighted by atomic mass is 16.5. The molecule has 0 unspecified atom stereocenters. The van der Waals surface area contributed by atoms with Crippen molar-refractivity contribution in [2.24, 2.45) is 0 Å². The molecule has 2 rings (SSSR count). The lowest BCUT2D eigenvalue weighted by Crippen LogP contribution is -2.14. The minimum absolute atomic E-state index is 0.0214. The molecule has 0 amide bonds. The number of hydrogen-bond donors (Lipinski definition) is 2. The van der Waals surface area contributed by atoms with Crippen LogP contribution in [-0.4, -0.2) is 18.4 Å². The maximum absolute atomic E-state index is 8.63. The third-order valence-corrected chi connectivity index (χ3v) is 2.41. The van der Waals surface area contributed by atoms with Crippen molar-refractivity contribution in [2.45, 2.75) is 19.4 Å². The quantitative estimate of drug-likeness (QED) is 0.705. The molecule has 2 N–H and O–H groups in total. The Labute approximate surface area is 83.7 Å². The fourth-order valence-electron chi connectivity index (χ4n) is 1.72. The van der Waals surface area contributed by atoms with Gasteiger partial charge in [-0.3, -0.25) is 5.32 Å². The minimum atomic E-state index is 0.0214. The van der Waals surface area contributed by atoms with Crippen molar-refractivity contribution in [3.05, 3.63) is 29.3 Å². The summed E-state index contributed by atoms with van der Waals surface area (Å²) in [6.45, 7) is 1.57. The van der Waals surface area contributed by atoms with E-state index in [-0.39, 0.29) is 6.73 Å². The molecule has 0 saturated carbocycles. The molecule has 3 nitrogen and oxygen atoms in total. The number of nitrogens with one attached hydrogen (secondary N) is 1. The van der Waals surface area contributed by atoms with Gasteiger partial charge in [-0.25, -0.2) is 0 Å². The number of aryl methyl sites for hydroxylation is 1. The molecule has 0 radical (unpaired) electrons. The smallest absolute Gasteiger partial charge is 0.122 e. The SMILES string of the molecule is OCNCc1ccc2c(c1)CCCO2. The fourth-order valence-corrected chi connectivity index (χ4v) is 1.72. The lowest BCUT2D eigenvalue weighted by Gasteiger charge is -2.17. The van der Waals surface area contributed by atoms with Gasteiger partial charge in [-0.1, -0.05) is 12.1 Å². The summed E-state index contributed by atoms with van der Waals surface area (Å²) < 4.78 is 5.51.